The summed E-state index contributed by atoms with van der Waals surface area (Å²) in [6.07, 6.45) is 2.09. The van der Waals surface area contributed by atoms with Gasteiger partial charge in [-0.15, -0.1) is 0 Å². The van der Waals surface area contributed by atoms with E-state index >= 15 is 0 Å². The van der Waals surface area contributed by atoms with E-state index in [1.54, 1.807) is 4.68 Å². The molecular formula is C18H28N6O. The van der Waals surface area contributed by atoms with Gasteiger partial charge < -0.3 is 15.5 Å². The lowest BCUT2D eigenvalue weighted by Crippen LogP contribution is -2.45. The molecular weight excluding hydrogens is 316 g/mol. The Labute approximate surface area is 148 Å². The van der Waals surface area contributed by atoms with Gasteiger partial charge in [-0.2, -0.15) is 5.10 Å². The van der Waals surface area contributed by atoms with Gasteiger partial charge in [0.15, 0.2) is 11.3 Å². The van der Waals surface area contributed by atoms with E-state index in [2.05, 4.69) is 34.5 Å². The van der Waals surface area contributed by atoms with Gasteiger partial charge in [0, 0.05) is 33.2 Å². The van der Waals surface area contributed by atoms with Crippen molar-refractivity contribution < 1.29 is 4.79 Å². The number of nitrogens with one attached hydrogen (secondary N) is 2. The van der Waals surface area contributed by atoms with Crippen molar-refractivity contribution in [1.82, 2.24) is 25.4 Å². The van der Waals surface area contributed by atoms with Crippen LogP contribution in [0.1, 0.15) is 37.2 Å². The van der Waals surface area contributed by atoms with Crippen LogP contribution in [0.5, 0.6) is 0 Å². The quantitative estimate of drug-likeness (QED) is 0.861. The van der Waals surface area contributed by atoms with E-state index in [4.69, 9.17) is 4.98 Å². The van der Waals surface area contributed by atoms with Crippen molar-refractivity contribution in [3.05, 3.63) is 17.8 Å². The molecule has 1 atom stereocenters. The van der Waals surface area contributed by atoms with Gasteiger partial charge in [-0.1, -0.05) is 13.8 Å². The normalized spacial score (nSPS) is 17.9. The summed E-state index contributed by atoms with van der Waals surface area (Å²) >= 11 is 0. The standard InChI is InChI=1S/C18H28N6O/c1-12(2)11-23(3)15-8-7-14-16(22-24(4)17(14)21-15)18(25)20-13-6-5-9-19-10-13/h7-8,12-13,19H,5-6,9-11H2,1-4H3,(H,20,25). The Hall–Kier alpha value is -2.15. The first-order valence-corrected chi connectivity index (χ1v) is 9.02. The number of nitrogens with zero attached hydrogens (tertiary/aromatic N) is 4. The molecule has 0 bridgehead atoms. The number of amides is 1. The number of fused-ring (bicyclic) bond motifs is 1. The number of rotatable bonds is 5. The summed E-state index contributed by atoms with van der Waals surface area (Å²) in [5.74, 6) is 1.33. The van der Waals surface area contributed by atoms with Crippen molar-refractivity contribution in [2.45, 2.75) is 32.7 Å². The second-order valence-corrected chi connectivity index (χ2v) is 7.30. The predicted molar refractivity (Wildman–Crippen MR) is 100.0 cm³/mol. The second kappa shape index (κ2) is 7.39. The van der Waals surface area contributed by atoms with E-state index in [0.29, 0.717) is 11.6 Å². The zero-order valence-corrected chi connectivity index (χ0v) is 15.5. The molecule has 1 fully saturated rings. The third kappa shape index (κ3) is 3.92. The number of hydrogen-bond donors (Lipinski definition) is 2. The van der Waals surface area contributed by atoms with Gasteiger partial charge in [0.25, 0.3) is 5.91 Å². The molecule has 0 radical (unpaired) electrons. The van der Waals surface area contributed by atoms with Gasteiger partial charge in [-0.05, 0) is 37.4 Å². The molecule has 136 valence electrons. The number of aromatic nitrogens is 3. The molecule has 1 amide bonds. The van der Waals surface area contributed by atoms with Crippen molar-refractivity contribution in [1.29, 1.82) is 0 Å². The van der Waals surface area contributed by atoms with Crippen molar-refractivity contribution in [3.8, 4) is 0 Å². The van der Waals surface area contributed by atoms with E-state index in [1.807, 2.05) is 26.2 Å². The van der Waals surface area contributed by atoms with Crippen LogP contribution in [-0.4, -0.2) is 53.4 Å². The molecule has 1 saturated heterocycles. The van der Waals surface area contributed by atoms with Gasteiger partial charge in [-0.25, -0.2) is 9.67 Å². The van der Waals surface area contributed by atoms with Crippen LogP contribution in [0.15, 0.2) is 12.1 Å². The van der Waals surface area contributed by atoms with Crippen molar-refractivity contribution in [2.24, 2.45) is 13.0 Å². The summed E-state index contributed by atoms with van der Waals surface area (Å²) in [7, 11) is 3.87. The highest BCUT2D eigenvalue weighted by molar-refractivity contribution is 6.04. The second-order valence-electron chi connectivity index (χ2n) is 7.30. The zero-order valence-electron chi connectivity index (χ0n) is 15.5. The summed E-state index contributed by atoms with van der Waals surface area (Å²) in [5, 5.41) is 11.6. The number of pyridine rings is 1. The molecule has 7 nitrogen and oxygen atoms in total. The highest BCUT2D eigenvalue weighted by Crippen LogP contribution is 2.21. The van der Waals surface area contributed by atoms with Crippen LogP contribution in [0, 0.1) is 5.92 Å². The minimum absolute atomic E-state index is 0.121. The summed E-state index contributed by atoms with van der Waals surface area (Å²) in [4.78, 5) is 19.5. The number of carbonyl (C=O) groups excluding carboxylic acids is 1. The average molecular weight is 344 g/mol. The molecule has 2 aromatic heterocycles. The van der Waals surface area contributed by atoms with Gasteiger partial charge in [0.2, 0.25) is 0 Å². The van der Waals surface area contributed by atoms with Crippen LogP contribution < -0.4 is 15.5 Å². The van der Waals surface area contributed by atoms with E-state index in [9.17, 15) is 4.79 Å². The lowest BCUT2D eigenvalue weighted by molar-refractivity contribution is 0.0926. The topological polar surface area (TPSA) is 75.1 Å². The van der Waals surface area contributed by atoms with Crippen LogP contribution in [0.2, 0.25) is 0 Å². The minimum atomic E-state index is -0.121. The maximum atomic E-state index is 12.7. The number of carbonyl (C=O) groups is 1. The third-order valence-electron chi connectivity index (χ3n) is 4.55. The van der Waals surface area contributed by atoms with E-state index in [1.165, 1.54) is 0 Å². The SMILES string of the molecule is CC(C)CN(C)c1ccc2c(C(=O)NC3CCCNC3)nn(C)c2n1. The molecule has 0 aromatic carbocycles. The fourth-order valence-electron chi connectivity index (χ4n) is 3.37. The van der Waals surface area contributed by atoms with Gasteiger partial charge in [0.05, 0.1) is 5.39 Å². The first-order valence-electron chi connectivity index (χ1n) is 9.02. The summed E-state index contributed by atoms with van der Waals surface area (Å²) in [6.45, 7) is 7.14. The Bertz CT molecular complexity index is 747. The number of hydrogen-bond acceptors (Lipinski definition) is 5. The molecule has 7 heteroatoms. The maximum absolute atomic E-state index is 12.7. The maximum Gasteiger partial charge on any atom is 0.272 e. The van der Waals surface area contributed by atoms with Crippen molar-refractivity contribution in [2.75, 3.05) is 31.6 Å². The average Bonchev–Trinajstić information content (AvgIpc) is 2.92. The van der Waals surface area contributed by atoms with Gasteiger partial charge in [0.1, 0.15) is 5.82 Å². The summed E-state index contributed by atoms with van der Waals surface area (Å²) in [5.41, 5.74) is 1.19. The number of anilines is 1. The lowest BCUT2D eigenvalue weighted by Gasteiger charge is -2.23. The Kier molecular flexibility index (Phi) is 5.22. The van der Waals surface area contributed by atoms with Crippen molar-refractivity contribution in [3.63, 3.8) is 0 Å². The lowest BCUT2D eigenvalue weighted by atomic mass is 10.1. The molecule has 1 aliphatic heterocycles. The largest absolute Gasteiger partial charge is 0.359 e. The highest BCUT2D eigenvalue weighted by atomic mass is 16.2. The van der Waals surface area contributed by atoms with Crippen LogP contribution >= 0.6 is 0 Å². The first-order chi connectivity index (χ1) is 12.0. The van der Waals surface area contributed by atoms with Gasteiger partial charge >= 0.3 is 0 Å². The molecule has 1 unspecified atom stereocenters. The Balaban J connectivity index is 1.83. The molecule has 0 saturated carbocycles. The monoisotopic (exact) mass is 344 g/mol. The highest BCUT2D eigenvalue weighted by Gasteiger charge is 2.22. The Morgan fingerprint density at radius 2 is 2.28 bits per heavy atom. The number of aryl methyl sites for hydroxylation is 1. The van der Waals surface area contributed by atoms with Crippen LogP contribution in [-0.2, 0) is 7.05 Å². The molecule has 3 heterocycles. The molecule has 3 rings (SSSR count). The molecule has 2 aromatic rings. The Morgan fingerprint density at radius 1 is 1.48 bits per heavy atom. The molecule has 0 aliphatic carbocycles. The fourth-order valence-corrected chi connectivity index (χ4v) is 3.37. The molecule has 0 spiro atoms. The van der Waals surface area contributed by atoms with E-state index in [-0.39, 0.29) is 11.9 Å². The molecule has 1 aliphatic rings. The fraction of sp³-hybridized carbons (Fsp3) is 0.611. The smallest absolute Gasteiger partial charge is 0.272 e. The van der Waals surface area contributed by atoms with E-state index < -0.39 is 0 Å². The van der Waals surface area contributed by atoms with Crippen LogP contribution in [0.25, 0.3) is 11.0 Å². The van der Waals surface area contributed by atoms with Crippen LogP contribution in [0.4, 0.5) is 5.82 Å². The van der Waals surface area contributed by atoms with Crippen LogP contribution in [0.3, 0.4) is 0 Å². The third-order valence-corrected chi connectivity index (χ3v) is 4.55. The zero-order chi connectivity index (χ0) is 18.0. The Morgan fingerprint density at radius 3 is 2.96 bits per heavy atom. The first kappa shape index (κ1) is 17.7. The summed E-state index contributed by atoms with van der Waals surface area (Å²) in [6, 6.07) is 4.09. The molecule has 25 heavy (non-hydrogen) atoms. The van der Waals surface area contributed by atoms with Gasteiger partial charge in [-0.3, -0.25) is 4.79 Å². The minimum Gasteiger partial charge on any atom is -0.359 e. The molecule has 2 N–H and O–H groups in total. The van der Waals surface area contributed by atoms with E-state index in [0.717, 1.165) is 49.3 Å². The summed E-state index contributed by atoms with van der Waals surface area (Å²) < 4.78 is 1.69. The predicted octanol–water partition coefficient (Wildman–Crippen LogP) is 1.54. The number of piperidine rings is 1. The van der Waals surface area contributed by atoms with Crippen molar-refractivity contribution >= 4 is 22.8 Å².